The van der Waals surface area contributed by atoms with Gasteiger partial charge in [-0.2, -0.15) is 0 Å². The molecule has 0 amide bonds. The molecule has 2 aromatic rings. The van der Waals surface area contributed by atoms with Gasteiger partial charge in [-0.25, -0.2) is 4.39 Å². The highest BCUT2D eigenvalue weighted by molar-refractivity contribution is 6.31. The topological polar surface area (TPSA) is 48.1 Å². The minimum atomic E-state index is -0.360. The molecule has 0 radical (unpaired) electrons. The molecule has 0 atom stereocenters. The SMILES string of the molecule is NCCc1ccc(OCc2ccc(F)cc2Cl)cn1. The third-order valence-electron chi connectivity index (χ3n) is 2.61. The predicted molar refractivity (Wildman–Crippen MR) is 72.7 cm³/mol. The van der Waals surface area contributed by atoms with Crippen LogP contribution in [0.15, 0.2) is 36.5 Å². The average Bonchev–Trinajstić information content (AvgIpc) is 2.40. The van der Waals surface area contributed by atoms with Gasteiger partial charge in [-0.3, -0.25) is 4.98 Å². The number of aromatic nitrogens is 1. The van der Waals surface area contributed by atoms with Crippen molar-refractivity contribution >= 4 is 11.6 Å². The van der Waals surface area contributed by atoms with Gasteiger partial charge in [-0.1, -0.05) is 17.7 Å². The molecule has 0 aliphatic heterocycles. The Kier molecular flexibility index (Phi) is 4.71. The average molecular weight is 281 g/mol. The first kappa shape index (κ1) is 13.8. The summed E-state index contributed by atoms with van der Waals surface area (Å²) in [7, 11) is 0. The Morgan fingerprint density at radius 2 is 2.11 bits per heavy atom. The van der Waals surface area contributed by atoms with Crippen LogP contribution in [0.1, 0.15) is 11.3 Å². The van der Waals surface area contributed by atoms with Crippen LogP contribution in [0.25, 0.3) is 0 Å². The van der Waals surface area contributed by atoms with Crippen LogP contribution >= 0.6 is 11.6 Å². The highest BCUT2D eigenvalue weighted by Crippen LogP contribution is 2.19. The van der Waals surface area contributed by atoms with Gasteiger partial charge in [0, 0.05) is 17.7 Å². The lowest BCUT2D eigenvalue weighted by molar-refractivity contribution is 0.304. The second-order valence-corrected chi connectivity index (χ2v) is 4.46. The fourth-order valence-corrected chi connectivity index (χ4v) is 1.81. The van der Waals surface area contributed by atoms with Crippen LogP contribution in [0.4, 0.5) is 4.39 Å². The molecule has 0 aliphatic rings. The zero-order valence-electron chi connectivity index (χ0n) is 10.3. The molecule has 1 heterocycles. The molecule has 1 aromatic heterocycles. The summed E-state index contributed by atoms with van der Waals surface area (Å²) in [6.07, 6.45) is 2.38. The van der Waals surface area contributed by atoms with Gasteiger partial charge in [0.1, 0.15) is 18.2 Å². The van der Waals surface area contributed by atoms with E-state index < -0.39 is 0 Å². The first-order valence-electron chi connectivity index (χ1n) is 5.91. The molecule has 2 rings (SSSR count). The molecule has 0 bridgehead atoms. The van der Waals surface area contributed by atoms with Crippen molar-refractivity contribution in [2.75, 3.05) is 6.54 Å². The van der Waals surface area contributed by atoms with Gasteiger partial charge in [0.25, 0.3) is 0 Å². The Hall–Kier alpha value is -1.65. The van der Waals surface area contributed by atoms with Crippen LogP contribution in [-0.4, -0.2) is 11.5 Å². The van der Waals surface area contributed by atoms with E-state index in [-0.39, 0.29) is 12.4 Å². The monoisotopic (exact) mass is 280 g/mol. The largest absolute Gasteiger partial charge is 0.487 e. The lowest BCUT2D eigenvalue weighted by Crippen LogP contribution is -2.04. The molecule has 0 saturated heterocycles. The Morgan fingerprint density at radius 1 is 1.26 bits per heavy atom. The van der Waals surface area contributed by atoms with Crippen molar-refractivity contribution in [2.24, 2.45) is 5.73 Å². The number of ether oxygens (including phenoxy) is 1. The minimum absolute atomic E-state index is 0.275. The number of hydrogen-bond acceptors (Lipinski definition) is 3. The van der Waals surface area contributed by atoms with Crippen LogP contribution < -0.4 is 10.5 Å². The van der Waals surface area contributed by atoms with Crippen molar-refractivity contribution in [3.05, 3.63) is 58.6 Å². The van der Waals surface area contributed by atoms with E-state index in [1.807, 2.05) is 12.1 Å². The van der Waals surface area contributed by atoms with E-state index in [9.17, 15) is 4.39 Å². The number of rotatable bonds is 5. The van der Waals surface area contributed by atoms with Gasteiger partial charge in [-0.05, 0) is 30.8 Å². The van der Waals surface area contributed by atoms with Crippen molar-refractivity contribution in [1.29, 1.82) is 0 Å². The van der Waals surface area contributed by atoms with Crippen LogP contribution in [0.2, 0.25) is 5.02 Å². The maximum absolute atomic E-state index is 12.9. The van der Waals surface area contributed by atoms with E-state index in [4.69, 9.17) is 22.1 Å². The summed E-state index contributed by atoms with van der Waals surface area (Å²) in [6.45, 7) is 0.843. The molecule has 0 fully saturated rings. The molecule has 2 N–H and O–H groups in total. The van der Waals surface area contributed by atoms with E-state index in [2.05, 4.69) is 4.98 Å². The van der Waals surface area contributed by atoms with Gasteiger partial charge in [-0.15, -0.1) is 0 Å². The molecule has 0 saturated carbocycles. The number of benzene rings is 1. The van der Waals surface area contributed by atoms with E-state index in [0.717, 1.165) is 17.7 Å². The summed E-state index contributed by atoms with van der Waals surface area (Å²) in [5.41, 5.74) is 7.10. The molecule has 0 unspecified atom stereocenters. The molecular formula is C14H14ClFN2O. The van der Waals surface area contributed by atoms with E-state index in [1.165, 1.54) is 12.1 Å². The van der Waals surface area contributed by atoms with Crippen LogP contribution in [-0.2, 0) is 13.0 Å². The van der Waals surface area contributed by atoms with E-state index in [1.54, 1.807) is 12.3 Å². The third-order valence-corrected chi connectivity index (χ3v) is 2.96. The maximum Gasteiger partial charge on any atom is 0.138 e. The van der Waals surface area contributed by atoms with Crippen molar-refractivity contribution in [3.63, 3.8) is 0 Å². The molecule has 100 valence electrons. The van der Waals surface area contributed by atoms with Gasteiger partial charge >= 0.3 is 0 Å². The lowest BCUT2D eigenvalue weighted by Gasteiger charge is -2.08. The minimum Gasteiger partial charge on any atom is -0.487 e. The number of halogens is 2. The zero-order valence-corrected chi connectivity index (χ0v) is 11.0. The van der Waals surface area contributed by atoms with Crippen LogP contribution in [0.3, 0.4) is 0 Å². The Morgan fingerprint density at radius 3 is 2.74 bits per heavy atom. The smallest absolute Gasteiger partial charge is 0.138 e. The first-order chi connectivity index (χ1) is 9.19. The van der Waals surface area contributed by atoms with Crippen LogP contribution in [0.5, 0.6) is 5.75 Å². The number of nitrogens with two attached hydrogens (primary N) is 1. The number of pyridine rings is 1. The van der Waals surface area contributed by atoms with Gasteiger partial charge < -0.3 is 10.5 Å². The van der Waals surface area contributed by atoms with Gasteiger partial charge in [0.15, 0.2) is 0 Å². The number of hydrogen-bond donors (Lipinski definition) is 1. The molecule has 19 heavy (non-hydrogen) atoms. The summed E-state index contributed by atoms with van der Waals surface area (Å²) < 4.78 is 18.4. The second-order valence-electron chi connectivity index (χ2n) is 4.05. The highest BCUT2D eigenvalue weighted by atomic mass is 35.5. The molecule has 0 aliphatic carbocycles. The summed E-state index contributed by atoms with van der Waals surface area (Å²) in [6, 6.07) is 7.92. The molecule has 5 heteroatoms. The summed E-state index contributed by atoms with van der Waals surface area (Å²) in [4.78, 5) is 4.22. The van der Waals surface area contributed by atoms with Crippen molar-refractivity contribution in [3.8, 4) is 5.75 Å². The normalized spacial score (nSPS) is 10.5. The number of nitrogens with zero attached hydrogens (tertiary/aromatic N) is 1. The maximum atomic E-state index is 12.9. The third kappa shape index (κ3) is 3.91. The Bertz CT molecular complexity index is 546. The quantitative estimate of drug-likeness (QED) is 0.916. The standard InChI is InChI=1S/C14H14ClFN2O/c15-14-7-11(16)2-1-10(14)9-19-13-4-3-12(5-6-17)18-8-13/h1-4,7-8H,5-6,9,17H2. The second kappa shape index (κ2) is 6.50. The van der Waals surface area contributed by atoms with Gasteiger partial charge in [0.2, 0.25) is 0 Å². The molecule has 1 aromatic carbocycles. The first-order valence-corrected chi connectivity index (χ1v) is 6.28. The summed E-state index contributed by atoms with van der Waals surface area (Å²) in [5.74, 6) is 0.280. The van der Waals surface area contributed by atoms with Crippen LogP contribution in [0, 0.1) is 5.82 Å². The molecular weight excluding hydrogens is 267 g/mol. The van der Waals surface area contributed by atoms with Crippen molar-refractivity contribution in [2.45, 2.75) is 13.0 Å². The van der Waals surface area contributed by atoms with E-state index >= 15 is 0 Å². The fraction of sp³-hybridized carbons (Fsp3) is 0.214. The lowest BCUT2D eigenvalue weighted by atomic mass is 10.2. The molecule has 0 spiro atoms. The predicted octanol–water partition coefficient (Wildman–Crippen LogP) is 2.95. The van der Waals surface area contributed by atoms with E-state index in [0.29, 0.717) is 17.3 Å². The Balaban J connectivity index is 1.98. The van der Waals surface area contributed by atoms with Crippen molar-refractivity contribution < 1.29 is 9.13 Å². The zero-order chi connectivity index (χ0) is 13.7. The Labute approximate surface area is 116 Å². The molecule has 3 nitrogen and oxygen atoms in total. The van der Waals surface area contributed by atoms with Gasteiger partial charge in [0.05, 0.1) is 11.2 Å². The highest BCUT2D eigenvalue weighted by Gasteiger charge is 2.03. The summed E-state index contributed by atoms with van der Waals surface area (Å²) >= 11 is 5.91. The van der Waals surface area contributed by atoms with Crippen molar-refractivity contribution in [1.82, 2.24) is 4.98 Å². The fourth-order valence-electron chi connectivity index (χ4n) is 1.59. The summed E-state index contributed by atoms with van der Waals surface area (Å²) in [5, 5.41) is 0.354.